The molecule has 3 nitrogen and oxygen atoms in total. The van der Waals surface area contributed by atoms with Crippen molar-refractivity contribution < 1.29 is 9.47 Å². The molecule has 4 unspecified atom stereocenters. The number of hydrogen-bond acceptors (Lipinski definition) is 3. The highest BCUT2D eigenvalue weighted by Gasteiger charge is 2.32. The highest BCUT2D eigenvalue weighted by atomic mass is 16.5. The van der Waals surface area contributed by atoms with Crippen LogP contribution >= 0.6 is 0 Å². The lowest BCUT2D eigenvalue weighted by atomic mass is 9.83. The van der Waals surface area contributed by atoms with Crippen LogP contribution in [0, 0.1) is 5.92 Å². The van der Waals surface area contributed by atoms with E-state index < -0.39 is 0 Å². The maximum absolute atomic E-state index is 5.79. The summed E-state index contributed by atoms with van der Waals surface area (Å²) in [4.78, 5) is 0. The van der Waals surface area contributed by atoms with Crippen LogP contribution in [0.25, 0.3) is 0 Å². The average molecular weight is 289 g/mol. The molecule has 21 heavy (non-hydrogen) atoms. The molecule has 1 aromatic carbocycles. The van der Waals surface area contributed by atoms with Crippen LogP contribution in [0.15, 0.2) is 24.3 Å². The summed E-state index contributed by atoms with van der Waals surface area (Å²) in [7, 11) is 0. The highest BCUT2D eigenvalue weighted by Crippen LogP contribution is 2.38. The molecule has 0 amide bonds. The van der Waals surface area contributed by atoms with E-state index >= 15 is 0 Å². The molecule has 1 fully saturated rings. The molecule has 3 heteroatoms. The lowest BCUT2D eigenvalue weighted by Crippen LogP contribution is -2.38. The Morgan fingerprint density at radius 2 is 2.19 bits per heavy atom. The van der Waals surface area contributed by atoms with E-state index in [1.165, 1.54) is 18.4 Å². The van der Waals surface area contributed by atoms with Crippen molar-refractivity contribution in [2.24, 2.45) is 5.92 Å². The summed E-state index contributed by atoms with van der Waals surface area (Å²) in [6.45, 7) is 7.17. The van der Waals surface area contributed by atoms with E-state index in [0.717, 1.165) is 31.9 Å². The molecule has 1 N–H and O–H groups in total. The van der Waals surface area contributed by atoms with Crippen LogP contribution in [0.2, 0.25) is 0 Å². The molecule has 2 aliphatic heterocycles. The first-order valence-electron chi connectivity index (χ1n) is 8.34. The summed E-state index contributed by atoms with van der Waals surface area (Å²) >= 11 is 0. The fraction of sp³-hybridized carbons (Fsp3) is 0.667. The van der Waals surface area contributed by atoms with Crippen molar-refractivity contribution in [3.63, 3.8) is 0 Å². The first kappa shape index (κ1) is 14.9. The molecule has 4 atom stereocenters. The predicted octanol–water partition coefficient (Wildman–Crippen LogP) is 3.35. The molecule has 116 valence electrons. The minimum atomic E-state index is 0.415. The van der Waals surface area contributed by atoms with Gasteiger partial charge in [0, 0.05) is 12.0 Å². The van der Waals surface area contributed by atoms with Gasteiger partial charge >= 0.3 is 0 Å². The first-order chi connectivity index (χ1) is 10.3. The van der Waals surface area contributed by atoms with Crippen molar-refractivity contribution in [2.75, 3.05) is 19.8 Å². The van der Waals surface area contributed by atoms with Gasteiger partial charge < -0.3 is 14.8 Å². The molecule has 0 radical (unpaired) electrons. The number of benzene rings is 1. The topological polar surface area (TPSA) is 30.5 Å². The zero-order valence-corrected chi connectivity index (χ0v) is 13.2. The molecule has 0 saturated carbocycles. The molecule has 1 aromatic rings. The summed E-state index contributed by atoms with van der Waals surface area (Å²) in [6.07, 6.45) is 3.91. The molecular weight excluding hydrogens is 262 g/mol. The summed E-state index contributed by atoms with van der Waals surface area (Å²) in [5, 5.41) is 3.70. The number of hydrogen-bond donors (Lipinski definition) is 1. The van der Waals surface area contributed by atoms with Crippen molar-refractivity contribution in [3.05, 3.63) is 29.8 Å². The van der Waals surface area contributed by atoms with Gasteiger partial charge in [0.1, 0.15) is 5.75 Å². The third kappa shape index (κ3) is 3.41. The highest BCUT2D eigenvalue weighted by molar-refractivity contribution is 5.37. The Bertz CT molecular complexity index is 462. The Kier molecular flexibility index (Phi) is 4.81. The van der Waals surface area contributed by atoms with Crippen LogP contribution in [-0.2, 0) is 4.74 Å². The molecule has 0 spiro atoms. The molecule has 2 aliphatic rings. The fourth-order valence-corrected chi connectivity index (χ4v) is 3.80. The molecule has 0 aliphatic carbocycles. The fourth-order valence-electron chi connectivity index (χ4n) is 3.80. The van der Waals surface area contributed by atoms with E-state index in [0.29, 0.717) is 24.0 Å². The molecule has 0 bridgehead atoms. The van der Waals surface area contributed by atoms with E-state index in [1.807, 2.05) is 0 Å². The van der Waals surface area contributed by atoms with Gasteiger partial charge in [0.25, 0.3) is 0 Å². The van der Waals surface area contributed by atoms with Crippen LogP contribution in [0.4, 0.5) is 0 Å². The Labute approximate surface area is 128 Å². The Hall–Kier alpha value is -1.06. The van der Waals surface area contributed by atoms with Gasteiger partial charge in [-0.3, -0.25) is 0 Å². The number of nitrogens with one attached hydrogen (secondary N) is 1. The summed E-state index contributed by atoms with van der Waals surface area (Å²) in [6, 6.07) is 9.08. The van der Waals surface area contributed by atoms with Gasteiger partial charge in [-0.25, -0.2) is 0 Å². The van der Waals surface area contributed by atoms with Crippen LogP contribution < -0.4 is 10.1 Å². The molecule has 2 heterocycles. The zero-order valence-electron chi connectivity index (χ0n) is 13.2. The normalized spacial score (nSPS) is 29.7. The van der Waals surface area contributed by atoms with E-state index in [9.17, 15) is 0 Å². The van der Waals surface area contributed by atoms with Gasteiger partial charge in [-0.1, -0.05) is 25.1 Å². The van der Waals surface area contributed by atoms with Crippen molar-refractivity contribution in [1.82, 2.24) is 5.32 Å². The SMILES string of the molecule is CCNC(CC1CCOc2ccccc21)C1COC(C)C1. The number of fused-ring (bicyclic) bond motifs is 1. The molecular formula is C18H27NO2. The van der Waals surface area contributed by atoms with E-state index in [2.05, 4.69) is 43.4 Å². The van der Waals surface area contributed by atoms with Crippen molar-refractivity contribution in [3.8, 4) is 5.75 Å². The summed E-state index contributed by atoms with van der Waals surface area (Å²) < 4.78 is 11.6. The predicted molar refractivity (Wildman–Crippen MR) is 84.9 cm³/mol. The van der Waals surface area contributed by atoms with Gasteiger partial charge in [0.05, 0.1) is 19.3 Å². The maximum atomic E-state index is 5.79. The maximum Gasteiger partial charge on any atom is 0.122 e. The minimum Gasteiger partial charge on any atom is -0.493 e. The van der Waals surface area contributed by atoms with Gasteiger partial charge in [0.2, 0.25) is 0 Å². The molecule has 0 aromatic heterocycles. The lowest BCUT2D eigenvalue weighted by molar-refractivity contribution is 0.115. The Morgan fingerprint density at radius 3 is 2.95 bits per heavy atom. The summed E-state index contributed by atoms with van der Waals surface area (Å²) in [5.41, 5.74) is 1.39. The van der Waals surface area contributed by atoms with E-state index in [-0.39, 0.29) is 0 Å². The van der Waals surface area contributed by atoms with Gasteiger partial charge in [-0.15, -0.1) is 0 Å². The minimum absolute atomic E-state index is 0.415. The monoisotopic (exact) mass is 289 g/mol. The van der Waals surface area contributed by atoms with E-state index in [1.54, 1.807) is 0 Å². The second-order valence-corrected chi connectivity index (χ2v) is 6.41. The van der Waals surface area contributed by atoms with Crippen molar-refractivity contribution >= 4 is 0 Å². The standard InChI is InChI=1S/C18H27NO2/c1-3-19-17(15-10-13(2)21-12-15)11-14-8-9-20-18-7-5-4-6-16(14)18/h4-7,13-15,17,19H,3,8-12H2,1-2H3. The number of ether oxygens (including phenoxy) is 2. The number of rotatable bonds is 5. The first-order valence-corrected chi connectivity index (χ1v) is 8.34. The zero-order chi connectivity index (χ0) is 14.7. The third-order valence-corrected chi connectivity index (χ3v) is 4.89. The largest absolute Gasteiger partial charge is 0.493 e. The quantitative estimate of drug-likeness (QED) is 0.901. The van der Waals surface area contributed by atoms with Gasteiger partial charge in [0.15, 0.2) is 0 Å². The van der Waals surface area contributed by atoms with Crippen LogP contribution in [-0.4, -0.2) is 31.9 Å². The van der Waals surface area contributed by atoms with Crippen molar-refractivity contribution in [1.29, 1.82) is 0 Å². The van der Waals surface area contributed by atoms with Gasteiger partial charge in [-0.05, 0) is 50.3 Å². The third-order valence-electron chi connectivity index (χ3n) is 4.89. The van der Waals surface area contributed by atoms with Crippen molar-refractivity contribution in [2.45, 2.75) is 51.2 Å². The summed E-state index contributed by atoms with van der Waals surface area (Å²) in [5.74, 6) is 2.34. The Balaban J connectivity index is 1.71. The van der Waals surface area contributed by atoms with E-state index in [4.69, 9.17) is 9.47 Å². The van der Waals surface area contributed by atoms with Gasteiger partial charge in [-0.2, -0.15) is 0 Å². The van der Waals surface area contributed by atoms with Crippen LogP contribution in [0.5, 0.6) is 5.75 Å². The lowest BCUT2D eigenvalue weighted by Gasteiger charge is -2.31. The van der Waals surface area contributed by atoms with Crippen LogP contribution in [0.1, 0.15) is 44.6 Å². The smallest absolute Gasteiger partial charge is 0.122 e. The molecule has 3 rings (SSSR count). The second-order valence-electron chi connectivity index (χ2n) is 6.41. The van der Waals surface area contributed by atoms with Crippen LogP contribution in [0.3, 0.4) is 0 Å². The molecule has 1 saturated heterocycles. The average Bonchev–Trinajstić information content (AvgIpc) is 2.94. The number of para-hydroxylation sites is 1. The second kappa shape index (κ2) is 6.80. The Morgan fingerprint density at radius 1 is 1.33 bits per heavy atom.